The fourth-order valence-corrected chi connectivity index (χ4v) is 2.01. The van der Waals surface area contributed by atoms with Crippen molar-refractivity contribution in [2.75, 3.05) is 13.1 Å². The first kappa shape index (κ1) is 8.76. The van der Waals surface area contributed by atoms with Gasteiger partial charge >= 0.3 is 0 Å². The lowest BCUT2D eigenvalue weighted by Crippen LogP contribution is -2.05. The number of benzene rings is 1. The zero-order valence-corrected chi connectivity index (χ0v) is 7.95. The molecular weight excluding hydrogens is 158 g/mol. The molecule has 0 saturated carbocycles. The van der Waals surface area contributed by atoms with Gasteiger partial charge in [-0.3, -0.25) is 0 Å². The summed E-state index contributed by atoms with van der Waals surface area (Å²) >= 11 is 0. The van der Waals surface area contributed by atoms with Crippen molar-refractivity contribution in [1.82, 2.24) is 5.32 Å². The second-order valence-corrected chi connectivity index (χ2v) is 3.71. The summed E-state index contributed by atoms with van der Waals surface area (Å²) in [4.78, 5) is 0. The van der Waals surface area contributed by atoms with Crippen LogP contribution in [-0.4, -0.2) is 13.1 Å². The van der Waals surface area contributed by atoms with Gasteiger partial charge in [-0.2, -0.15) is 0 Å². The van der Waals surface area contributed by atoms with Crippen molar-refractivity contribution in [3.63, 3.8) is 0 Å². The summed E-state index contributed by atoms with van der Waals surface area (Å²) in [6.07, 6.45) is 3.82. The molecule has 13 heavy (non-hydrogen) atoms. The van der Waals surface area contributed by atoms with Gasteiger partial charge in [0.05, 0.1) is 0 Å². The molecule has 0 amide bonds. The third-order valence-electron chi connectivity index (χ3n) is 2.78. The highest BCUT2D eigenvalue weighted by molar-refractivity contribution is 5.19. The average molecular weight is 174 g/mol. The molecule has 1 aliphatic heterocycles. The van der Waals surface area contributed by atoms with Crippen LogP contribution in [0.3, 0.4) is 0 Å². The lowest BCUT2D eigenvalue weighted by Gasteiger charge is -2.13. The van der Waals surface area contributed by atoms with Crippen molar-refractivity contribution in [3.05, 3.63) is 35.9 Å². The normalized spacial score (nSPS) is 23.8. The average Bonchev–Trinajstić information content (AvgIpc) is 2.47. The topological polar surface area (TPSA) is 14.1 Å². The van der Waals surface area contributed by atoms with Gasteiger partial charge in [-0.1, -0.05) is 30.3 Å². The van der Waals surface area contributed by atoms with Gasteiger partial charge in [-0.15, -0.1) is 0 Å². The monoisotopic (exact) mass is 174 g/mol. The molecule has 0 N–H and O–H groups in total. The Morgan fingerprint density at radius 1 is 1.00 bits per heavy atom. The molecule has 1 aromatic carbocycles. The minimum atomic E-state index is 0.757. The second-order valence-electron chi connectivity index (χ2n) is 3.71. The Bertz CT molecular complexity index is 235. The predicted molar refractivity (Wildman–Crippen MR) is 54.9 cm³/mol. The van der Waals surface area contributed by atoms with E-state index >= 15 is 0 Å². The van der Waals surface area contributed by atoms with Gasteiger partial charge in [0.2, 0.25) is 0 Å². The number of rotatable bonds is 1. The van der Waals surface area contributed by atoms with Crippen LogP contribution in [0.4, 0.5) is 0 Å². The third-order valence-corrected chi connectivity index (χ3v) is 2.78. The van der Waals surface area contributed by atoms with Crippen molar-refractivity contribution >= 4 is 0 Å². The van der Waals surface area contributed by atoms with Gasteiger partial charge in [0.25, 0.3) is 0 Å². The van der Waals surface area contributed by atoms with Crippen LogP contribution < -0.4 is 5.32 Å². The van der Waals surface area contributed by atoms with E-state index in [0.717, 1.165) is 19.0 Å². The van der Waals surface area contributed by atoms with Gasteiger partial charge in [-0.25, -0.2) is 5.32 Å². The van der Waals surface area contributed by atoms with Crippen LogP contribution >= 0.6 is 0 Å². The van der Waals surface area contributed by atoms with Crippen LogP contribution in [0, 0.1) is 0 Å². The summed E-state index contributed by atoms with van der Waals surface area (Å²) in [5.41, 5.74) is 1.50. The van der Waals surface area contributed by atoms with E-state index in [9.17, 15) is 0 Å². The Morgan fingerprint density at radius 3 is 2.69 bits per heavy atom. The van der Waals surface area contributed by atoms with Crippen molar-refractivity contribution in [3.8, 4) is 0 Å². The van der Waals surface area contributed by atoms with E-state index < -0.39 is 0 Å². The molecule has 1 heterocycles. The standard InChI is InChI=1S/C12H16N/c1-2-5-11(6-3-1)12-7-4-9-13-10-8-12/h1-3,5-6,12H,4,7-10H2/t12-/m0/s1. The van der Waals surface area contributed by atoms with E-state index in [1.807, 2.05) is 0 Å². The summed E-state index contributed by atoms with van der Waals surface area (Å²) in [6.45, 7) is 2.13. The zero-order valence-electron chi connectivity index (χ0n) is 7.95. The van der Waals surface area contributed by atoms with E-state index in [-0.39, 0.29) is 0 Å². The second kappa shape index (κ2) is 4.43. The van der Waals surface area contributed by atoms with Crippen LogP contribution in [0.2, 0.25) is 0 Å². The minimum absolute atomic E-state index is 0.757. The first-order valence-electron chi connectivity index (χ1n) is 5.15. The highest BCUT2D eigenvalue weighted by Crippen LogP contribution is 2.25. The first-order valence-corrected chi connectivity index (χ1v) is 5.15. The molecule has 0 spiro atoms. The molecule has 69 valence electrons. The van der Waals surface area contributed by atoms with Crippen LogP contribution in [0.25, 0.3) is 0 Å². The van der Waals surface area contributed by atoms with Crippen LogP contribution in [-0.2, 0) is 0 Å². The number of hydrogen-bond donors (Lipinski definition) is 0. The zero-order chi connectivity index (χ0) is 8.93. The molecule has 1 aliphatic rings. The molecule has 0 unspecified atom stereocenters. The molecule has 1 aromatic rings. The summed E-state index contributed by atoms with van der Waals surface area (Å²) in [7, 11) is 0. The van der Waals surface area contributed by atoms with Gasteiger partial charge in [0.15, 0.2) is 0 Å². The summed E-state index contributed by atoms with van der Waals surface area (Å²) in [6, 6.07) is 10.9. The molecule has 1 heteroatoms. The Balaban J connectivity index is 2.06. The van der Waals surface area contributed by atoms with E-state index in [0.29, 0.717) is 0 Å². The maximum atomic E-state index is 4.45. The van der Waals surface area contributed by atoms with Gasteiger partial charge in [0.1, 0.15) is 0 Å². The van der Waals surface area contributed by atoms with Crippen LogP contribution in [0.15, 0.2) is 30.3 Å². The maximum Gasteiger partial charge on any atom is 0.0139 e. The molecule has 0 aliphatic carbocycles. The van der Waals surface area contributed by atoms with E-state index in [4.69, 9.17) is 0 Å². The molecule has 0 bridgehead atoms. The van der Waals surface area contributed by atoms with Crippen molar-refractivity contribution in [2.45, 2.75) is 25.2 Å². The Labute approximate surface area is 80.2 Å². The molecular formula is C12H16N. The highest BCUT2D eigenvalue weighted by Gasteiger charge is 2.13. The minimum Gasteiger partial charge on any atom is -0.242 e. The Hall–Kier alpha value is -0.820. The largest absolute Gasteiger partial charge is 0.242 e. The van der Waals surface area contributed by atoms with Crippen molar-refractivity contribution in [2.24, 2.45) is 0 Å². The SMILES string of the molecule is c1ccc([C@H]2CCC[N]CC2)cc1. The first-order chi connectivity index (χ1) is 6.47. The van der Waals surface area contributed by atoms with Crippen LogP contribution in [0.5, 0.6) is 0 Å². The maximum absolute atomic E-state index is 4.45. The van der Waals surface area contributed by atoms with Gasteiger partial charge in [-0.05, 0) is 30.7 Å². The third kappa shape index (κ3) is 2.31. The Morgan fingerprint density at radius 2 is 1.85 bits per heavy atom. The molecule has 1 saturated heterocycles. The molecule has 1 fully saturated rings. The molecule has 2 rings (SSSR count). The van der Waals surface area contributed by atoms with E-state index in [1.165, 1.54) is 24.8 Å². The molecule has 1 radical (unpaired) electrons. The van der Waals surface area contributed by atoms with E-state index in [2.05, 4.69) is 35.6 Å². The lowest BCUT2D eigenvalue weighted by molar-refractivity contribution is 0.609. The summed E-state index contributed by atoms with van der Waals surface area (Å²) in [5.74, 6) is 0.757. The highest BCUT2D eigenvalue weighted by atomic mass is 14.8. The smallest absolute Gasteiger partial charge is 0.0139 e. The van der Waals surface area contributed by atoms with Crippen molar-refractivity contribution < 1.29 is 0 Å². The summed E-state index contributed by atoms with van der Waals surface area (Å²) in [5, 5.41) is 4.45. The molecule has 0 aromatic heterocycles. The quantitative estimate of drug-likeness (QED) is 0.621. The predicted octanol–water partition coefficient (Wildman–Crippen LogP) is 2.56. The molecule has 1 nitrogen and oxygen atoms in total. The fraction of sp³-hybridized carbons (Fsp3) is 0.500. The van der Waals surface area contributed by atoms with Crippen LogP contribution in [0.1, 0.15) is 30.7 Å². The number of hydrogen-bond acceptors (Lipinski definition) is 0. The van der Waals surface area contributed by atoms with Crippen molar-refractivity contribution in [1.29, 1.82) is 0 Å². The fourth-order valence-electron chi connectivity index (χ4n) is 2.01. The van der Waals surface area contributed by atoms with E-state index in [1.54, 1.807) is 0 Å². The summed E-state index contributed by atoms with van der Waals surface area (Å²) < 4.78 is 0. The number of nitrogens with zero attached hydrogens (tertiary/aromatic N) is 1. The lowest BCUT2D eigenvalue weighted by atomic mass is 9.92. The Kier molecular flexibility index (Phi) is 2.98. The molecule has 1 atom stereocenters. The van der Waals surface area contributed by atoms with Gasteiger partial charge < -0.3 is 0 Å². The van der Waals surface area contributed by atoms with Gasteiger partial charge in [0, 0.05) is 13.1 Å².